The van der Waals surface area contributed by atoms with Crippen molar-refractivity contribution in [3.05, 3.63) is 35.0 Å². The molecule has 130 valence electrons. The standard InChI is InChI=1S/C17H22N8/c1-11-19-13-7-5-4-6-12(13)17(20-11)18-10-16-22-21-14-8-9-15(24(2)3)23-25(14)16/h8-9H,4-7,10H2,1-3H3,(H,18,19,20). The Labute approximate surface area is 146 Å². The van der Waals surface area contributed by atoms with Crippen LogP contribution in [-0.2, 0) is 19.4 Å². The molecule has 0 saturated heterocycles. The van der Waals surface area contributed by atoms with Gasteiger partial charge in [-0.3, -0.25) is 0 Å². The smallest absolute Gasteiger partial charge is 0.178 e. The van der Waals surface area contributed by atoms with E-state index in [-0.39, 0.29) is 0 Å². The van der Waals surface area contributed by atoms with Crippen molar-refractivity contribution >= 4 is 17.3 Å². The summed E-state index contributed by atoms with van der Waals surface area (Å²) in [5.41, 5.74) is 3.16. The molecule has 0 spiro atoms. The molecule has 0 saturated carbocycles. The monoisotopic (exact) mass is 338 g/mol. The zero-order chi connectivity index (χ0) is 17.4. The lowest BCUT2D eigenvalue weighted by Gasteiger charge is -2.19. The van der Waals surface area contributed by atoms with E-state index in [0.29, 0.717) is 6.54 Å². The summed E-state index contributed by atoms with van der Waals surface area (Å²) in [6, 6.07) is 3.86. The zero-order valence-corrected chi connectivity index (χ0v) is 14.8. The van der Waals surface area contributed by atoms with E-state index < -0.39 is 0 Å². The fourth-order valence-corrected chi connectivity index (χ4v) is 3.20. The highest BCUT2D eigenvalue weighted by Gasteiger charge is 2.17. The molecule has 3 heterocycles. The molecule has 0 atom stereocenters. The third-order valence-electron chi connectivity index (χ3n) is 4.48. The third-order valence-corrected chi connectivity index (χ3v) is 4.48. The molecule has 0 amide bonds. The van der Waals surface area contributed by atoms with E-state index in [1.807, 2.05) is 38.1 Å². The molecule has 1 aliphatic rings. The number of hydrogen-bond donors (Lipinski definition) is 1. The van der Waals surface area contributed by atoms with Crippen LogP contribution < -0.4 is 10.2 Å². The molecule has 0 aliphatic heterocycles. The Morgan fingerprint density at radius 1 is 1.12 bits per heavy atom. The molecule has 0 unspecified atom stereocenters. The first-order valence-electron chi connectivity index (χ1n) is 8.61. The van der Waals surface area contributed by atoms with Crippen LogP contribution in [0.3, 0.4) is 0 Å². The Morgan fingerprint density at radius 3 is 2.80 bits per heavy atom. The Bertz CT molecular complexity index is 914. The first kappa shape index (κ1) is 15.7. The summed E-state index contributed by atoms with van der Waals surface area (Å²) in [6.45, 7) is 2.46. The van der Waals surface area contributed by atoms with Gasteiger partial charge in [0.05, 0.1) is 6.54 Å². The van der Waals surface area contributed by atoms with Crippen LogP contribution in [0.4, 0.5) is 11.6 Å². The lowest BCUT2D eigenvalue weighted by molar-refractivity contribution is 0.658. The average Bonchev–Trinajstić information content (AvgIpc) is 3.01. The van der Waals surface area contributed by atoms with Gasteiger partial charge in [0.25, 0.3) is 0 Å². The van der Waals surface area contributed by atoms with Crippen molar-refractivity contribution in [2.24, 2.45) is 0 Å². The van der Waals surface area contributed by atoms with Crippen molar-refractivity contribution in [2.75, 3.05) is 24.3 Å². The van der Waals surface area contributed by atoms with Crippen LogP contribution >= 0.6 is 0 Å². The fourth-order valence-electron chi connectivity index (χ4n) is 3.20. The van der Waals surface area contributed by atoms with E-state index in [2.05, 4.69) is 30.6 Å². The molecule has 1 N–H and O–H groups in total. The first-order chi connectivity index (χ1) is 12.1. The van der Waals surface area contributed by atoms with Gasteiger partial charge in [-0.1, -0.05) is 0 Å². The molecule has 8 nitrogen and oxygen atoms in total. The summed E-state index contributed by atoms with van der Waals surface area (Å²) in [6.07, 6.45) is 4.46. The van der Waals surface area contributed by atoms with Gasteiger partial charge in [-0.2, -0.15) is 4.52 Å². The van der Waals surface area contributed by atoms with E-state index in [9.17, 15) is 0 Å². The van der Waals surface area contributed by atoms with Crippen LogP contribution in [0, 0.1) is 6.92 Å². The maximum atomic E-state index is 4.60. The summed E-state index contributed by atoms with van der Waals surface area (Å²) in [5, 5.41) is 16.5. The molecule has 4 rings (SSSR count). The van der Waals surface area contributed by atoms with Crippen LogP contribution in [0.5, 0.6) is 0 Å². The Morgan fingerprint density at radius 2 is 1.96 bits per heavy atom. The Balaban J connectivity index is 1.63. The highest BCUT2D eigenvalue weighted by molar-refractivity contribution is 5.49. The highest BCUT2D eigenvalue weighted by Crippen LogP contribution is 2.25. The number of nitrogens with zero attached hydrogens (tertiary/aromatic N) is 7. The van der Waals surface area contributed by atoms with Crippen molar-refractivity contribution in [3.8, 4) is 0 Å². The molecule has 1 aliphatic carbocycles. The van der Waals surface area contributed by atoms with Crippen molar-refractivity contribution in [3.63, 3.8) is 0 Å². The SMILES string of the molecule is Cc1nc2c(c(NCc3nnc4ccc(N(C)C)nn34)n1)CCCC2. The fraction of sp³-hybridized carbons (Fsp3) is 0.471. The number of nitrogens with one attached hydrogen (secondary N) is 1. The van der Waals surface area contributed by atoms with Gasteiger partial charge in [-0.25, -0.2) is 9.97 Å². The van der Waals surface area contributed by atoms with E-state index in [1.165, 1.54) is 24.1 Å². The summed E-state index contributed by atoms with van der Waals surface area (Å²) in [7, 11) is 3.93. The van der Waals surface area contributed by atoms with Gasteiger partial charge in [0.15, 0.2) is 11.5 Å². The molecule has 3 aromatic heterocycles. The minimum absolute atomic E-state index is 0.522. The molecule has 0 radical (unpaired) electrons. The molecular formula is C17H22N8. The molecule has 3 aromatic rings. The average molecular weight is 338 g/mol. The lowest BCUT2D eigenvalue weighted by atomic mass is 9.96. The molecule has 0 bridgehead atoms. The number of anilines is 2. The highest BCUT2D eigenvalue weighted by atomic mass is 15.4. The van der Waals surface area contributed by atoms with Crippen LogP contribution in [0.15, 0.2) is 12.1 Å². The van der Waals surface area contributed by atoms with Gasteiger partial charge in [0, 0.05) is 25.4 Å². The number of rotatable bonds is 4. The van der Waals surface area contributed by atoms with E-state index in [0.717, 1.165) is 41.8 Å². The third kappa shape index (κ3) is 2.99. The largest absolute Gasteiger partial charge is 0.362 e. The number of hydrogen-bond acceptors (Lipinski definition) is 7. The van der Waals surface area contributed by atoms with Crippen LogP contribution in [-0.4, -0.2) is 43.9 Å². The van der Waals surface area contributed by atoms with Gasteiger partial charge in [0.2, 0.25) is 0 Å². The Kier molecular flexibility index (Phi) is 3.95. The second-order valence-electron chi connectivity index (χ2n) is 6.58. The van der Waals surface area contributed by atoms with Crippen LogP contribution in [0.25, 0.3) is 5.65 Å². The maximum Gasteiger partial charge on any atom is 0.178 e. The van der Waals surface area contributed by atoms with Crippen molar-refractivity contribution < 1.29 is 0 Å². The molecule has 25 heavy (non-hydrogen) atoms. The van der Waals surface area contributed by atoms with Crippen molar-refractivity contribution in [1.29, 1.82) is 0 Å². The summed E-state index contributed by atoms with van der Waals surface area (Å²) in [5.74, 6) is 3.35. The van der Waals surface area contributed by atoms with E-state index in [1.54, 1.807) is 4.52 Å². The second kappa shape index (κ2) is 6.27. The van der Waals surface area contributed by atoms with Gasteiger partial charge < -0.3 is 10.2 Å². The summed E-state index contributed by atoms with van der Waals surface area (Å²) >= 11 is 0. The number of aryl methyl sites for hydroxylation is 2. The normalized spacial score (nSPS) is 13.7. The minimum Gasteiger partial charge on any atom is -0.362 e. The Hall–Kier alpha value is -2.77. The molecule has 0 fully saturated rings. The van der Waals surface area contributed by atoms with E-state index in [4.69, 9.17) is 0 Å². The quantitative estimate of drug-likeness (QED) is 0.776. The molecular weight excluding hydrogens is 316 g/mol. The second-order valence-corrected chi connectivity index (χ2v) is 6.58. The molecule has 8 heteroatoms. The summed E-state index contributed by atoms with van der Waals surface area (Å²) in [4.78, 5) is 11.2. The lowest BCUT2D eigenvalue weighted by Crippen LogP contribution is -2.16. The minimum atomic E-state index is 0.522. The van der Waals surface area contributed by atoms with Gasteiger partial charge in [-0.15, -0.1) is 15.3 Å². The van der Waals surface area contributed by atoms with Crippen molar-refractivity contribution in [1.82, 2.24) is 29.8 Å². The topological polar surface area (TPSA) is 84.1 Å². The number of fused-ring (bicyclic) bond motifs is 2. The number of aromatic nitrogens is 6. The van der Waals surface area contributed by atoms with Crippen LogP contribution in [0.1, 0.15) is 35.7 Å². The maximum absolute atomic E-state index is 4.60. The zero-order valence-electron chi connectivity index (χ0n) is 14.8. The van der Waals surface area contributed by atoms with Gasteiger partial charge in [-0.05, 0) is 44.7 Å². The summed E-state index contributed by atoms with van der Waals surface area (Å²) < 4.78 is 1.78. The van der Waals surface area contributed by atoms with E-state index >= 15 is 0 Å². The first-order valence-corrected chi connectivity index (χ1v) is 8.61. The molecule has 0 aromatic carbocycles. The van der Waals surface area contributed by atoms with Crippen LogP contribution in [0.2, 0.25) is 0 Å². The van der Waals surface area contributed by atoms with Gasteiger partial charge >= 0.3 is 0 Å². The predicted molar refractivity (Wildman–Crippen MR) is 95.8 cm³/mol. The van der Waals surface area contributed by atoms with Gasteiger partial charge in [0.1, 0.15) is 17.5 Å². The predicted octanol–water partition coefficient (Wildman–Crippen LogP) is 1.78. The van der Waals surface area contributed by atoms with Crippen molar-refractivity contribution in [2.45, 2.75) is 39.2 Å².